The van der Waals surface area contributed by atoms with Crippen LogP contribution in [0.25, 0.3) is 0 Å². The zero-order valence-electron chi connectivity index (χ0n) is 10.2. The average molecular weight is 244 g/mol. The minimum Gasteiger partial charge on any atom is -0.462 e. The third-order valence-electron chi connectivity index (χ3n) is 2.50. The van der Waals surface area contributed by atoms with Crippen LogP contribution in [0.15, 0.2) is 12.2 Å². The summed E-state index contributed by atoms with van der Waals surface area (Å²) in [6.45, 7) is 6.90. The molecule has 5 nitrogen and oxygen atoms in total. The molecule has 1 aliphatic heterocycles. The standard InChI is InChI=1S/C12H20O5/c1-9(2)12(14)17-5-3-4-10(13)11-8-15-6-7-16-11/h10-11,13H,1,3-8H2,2H3. The number of carbonyl (C=O) groups is 1. The second-order valence-electron chi connectivity index (χ2n) is 4.11. The summed E-state index contributed by atoms with van der Waals surface area (Å²) >= 11 is 0. The summed E-state index contributed by atoms with van der Waals surface area (Å²) in [6.07, 6.45) is 0.289. The van der Waals surface area contributed by atoms with Crippen LogP contribution in [0, 0.1) is 0 Å². The molecular formula is C12H20O5. The number of carbonyl (C=O) groups excluding carboxylic acids is 1. The van der Waals surface area contributed by atoms with Gasteiger partial charge in [0, 0.05) is 5.57 Å². The van der Waals surface area contributed by atoms with E-state index in [4.69, 9.17) is 14.2 Å². The molecule has 1 aliphatic rings. The second kappa shape index (κ2) is 7.42. The van der Waals surface area contributed by atoms with Gasteiger partial charge in [-0.15, -0.1) is 0 Å². The van der Waals surface area contributed by atoms with Crippen molar-refractivity contribution in [2.75, 3.05) is 26.4 Å². The highest BCUT2D eigenvalue weighted by Gasteiger charge is 2.22. The molecule has 0 aromatic rings. The van der Waals surface area contributed by atoms with E-state index in [0.717, 1.165) is 0 Å². The highest BCUT2D eigenvalue weighted by Crippen LogP contribution is 2.10. The first-order valence-corrected chi connectivity index (χ1v) is 5.81. The van der Waals surface area contributed by atoms with E-state index in [1.165, 1.54) is 0 Å². The molecule has 2 unspecified atom stereocenters. The lowest BCUT2D eigenvalue weighted by molar-refractivity contribution is -0.141. The van der Waals surface area contributed by atoms with Crippen LogP contribution in [0.3, 0.4) is 0 Å². The summed E-state index contributed by atoms with van der Waals surface area (Å²) in [5.74, 6) is -0.392. The van der Waals surface area contributed by atoms with Gasteiger partial charge in [0.15, 0.2) is 0 Å². The molecule has 0 amide bonds. The van der Waals surface area contributed by atoms with Crippen molar-refractivity contribution in [3.05, 3.63) is 12.2 Å². The van der Waals surface area contributed by atoms with Gasteiger partial charge in [-0.25, -0.2) is 4.79 Å². The van der Waals surface area contributed by atoms with Gasteiger partial charge in [-0.05, 0) is 19.8 Å². The lowest BCUT2D eigenvalue weighted by Gasteiger charge is -2.27. The normalized spacial score (nSPS) is 21.9. The Morgan fingerprint density at radius 3 is 2.94 bits per heavy atom. The maximum absolute atomic E-state index is 11.1. The maximum atomic E-state index is 11.1. The van der Waals surface area contributed by atoms with Crippen molar-refractivity contribution in [3.8, 4) is 0 Å². The summed E-state index contributed by atoms with van der Waals surface area (Å²) in [5, 5.41) is 9.79. The number of hydrogen-bond acceptors (Lipinski definition) is 5. The molecule has 98 valence electrons. The predicted molar refractivity (Wildman–Crippen MR) is 61.6 cm³/mol. The minimum absolute atomic E-state index is 0.263. The van der Waals surface area contributed by atoms with E-state index in [9.17, 15) is 9.90 Å². The Morgan fingerprint density at radius 2 is 2.35 bits per heavy atom. The highest BCUT2D eigenvalue weighted by molar-refractivity contribution is 5.86. The van der Waals surface area contributed by atoms with E-state index in [2.05, 4.69) is 6.58 Å². The summed E-state index contributed by atoms with van der Waals surface area (Å²) in [6, 6.07) is 0. The molecule has 0 aromatic heterocycles. The Kier molecular flexibility index (Phi) is 6.18. The largest absolute Gasteiger partial charge is 0.462 e. The quantitative estimate of drug-likeness (QED) is 0.422. The molecule has 17 heavy (non-hydrogen) atoms. The fourth-order valence-corrected chi connectivity index (χ4v) is 1.49. The average Bonchev–Trinajstić information content (AvgIpc) is 2.35. The van der Waals surface area contributed by atoms with E-state index in [0.29, 0.717) is 38.2 Å². The number of aliphatic hydroxyl groups excluding tert-OH is 1. The number of rotatable bonds is 6. The fourth-order valence-electron chi connectivity index (χ4n) is 1.49. The Balaban J connectivity index is 2.09. The fraction of sp³-hybridized carbons (Fsp3) is 0.750. The SMILES string of the molecule is C=C(C)C(=O)OCCCC(O)C1COCCO1. The molecule has 5 heteroatoms. The van der Waals surface area contributed by atoms with Gasteiger partial charge >= 0.3 is 5.97 Å². The smallest absolute Gasteiger partial charge is 0.333 e. The van der Waals surface area contributed by atoms with E-state index in [-0.39, 0.29) is 12.7 Å². The van der Waals surface area contributed by atoms with Gasteiger partial charge in [0.1, 0.15) is 6.10 Å². The van der Waals surface area contributed by atoms with Gasteiger partial charge < -0.3 is 19.3 Å². The number of esters is 1. The molecule has 1 heterocycles. The van der Waals surface area contributed by atoms with Crippen molar-refractivity contribution in [3.63, 3.8) is 0 Å². The molecule has 1 fully saturated rings. The van der Waals surface area contributed by atoms with Gasteiger partial charge in [-0.1, -0.05) is 6.58 Å². The van der Waals surface area contributed by atoms with Crippen LogP contribution < -0.4 is 0 Å². The summed E-state index contributed by atoms with van der Waals surface area (Å²) in [4.78, 5) is 11.1. The van der Waals surface area contributed by atoms with Crippen molar-refractivity contribution in [2.45, 2.75) is 32.0 Å². The minimum atomic E-state index is -0.571. The number of aliphatic hydroxyl groups is 1. The van der Waals surface area contributed by atoms with E-state index >= 15 is 0 Å². The lowest BCUT2D eigenvalue weighted by atomic mass is 10.1. The van der Waals surface area contributed by atoms with Crippen molar-refractivity contribution in [1.29, 1.82) is 0 Å². The van der Waals surface area contributed by atoms with Crippen LogP contribution in [0.5, 0.6) is 0 Å². The molecule has 2 atom stereocenters. The van der Waals surface area contributed by atoms with Crippen LogP contribution in [0.1, 0.15) is 19.8 Å². The zero-order chi connectivity index (χ0) is 12.7. The Hall–Kier alpha value is -0.910. The van der Waals surface area contributed by atoms with Crippen molar-refractivity contribution in [2.24, 2.45) is 0 Å². The highest BCUT2D eigenvalue weighted by atomic mass is 16.6. The van der Waals surface area contributed by atoms with Crippen molar-refractivity contribution < 1.29 is 24.1 Å². The first kappa shape index (κ1) is 14.2. The van der Waals surface area contributed by atoms with E-state index in [1.54, 1.807) is 6.92 Å². The Morgan fingerprint density at radius 1 is 1.59 bits per heavy atom. The van der Waals surface area contributed by atoms with Gasteiger partial charge in [-0.2, -0.15) is 0 Å². The second-order valence-corrected chi connectivity index (χ2v) is 4.11. The zero-order valence-corrected chi connectivity index (χ0v) is 10.2. The van der Waals surface area contributed by atoms with Crippen LogP contribution in [-0.4, -0.2) is 49.7 Å². The molecule has 1 saturated heterocycles. The number of ether oxygens (including phenoxy) is 3. The van der Waals surface area contributed by atoms with Crippen LogP contribution in [0.2, 0.25) is 0 Å². The summed E-state index contributed by atoms with van der Waals surface area (Å²) < 4.78 is 15.5. The van der Waals surface area contributed by atoms with Crippen LogP contribution in [-0.2, 0) is 19.0 Å². The van der Waals surface area contributed by atoms with Crippen molar-refractivity contribution in [1.82, 2.24) is 0 Å². The maximum Gasteiger partial charge on any atom is 0.333 e. The van der Waals surface area contributed by atoms with Crippen molar-refractivity contribution >= 4 is 5.97 Å². The molecule has 0 radical (unpaired) electrons. The van der Waals surface area contributed by atoms with E-state index in [1.807, 2.05) is 0 Å². The Bertz CT molecular complexity index is 258. The summed E-state index contributed by atoms with van der Waals surface area (Å²) in [5.41, 5.74) is 0.384. The summed E-state index contributed by atoms with van der Waals surface area (Å²) in [7, 11) is 0. The third kappa shape index (κ3) is 5.30. The Labute approximate surface area is 101 Å². The van der Waals surface area contributed by atoms with Gasteiger partial charge in [0.25, 0.3) is 0 Å². The monoisotopic (exact) mass is 244 g/mol. The molecule has 1 N–H and O–H groups in total. The third-order valence-corrected chi connectivity index (χ3v) is 2.50. The van der Waals surface area contributed by atoms with Gasteiger partial charge in [0.05, 0.1) is 32.5 Å². The molecule has 0 aromatic carbocycles. The number of hydrogen-bond donors (Lipinski definition) is 1. The van der Waals surface area contributed by atoms with E-state index < -0.39 is 12.1 Å². The first-order valence-electron chi connectivity index (χ1n) is 5.81. The van der Waals surface area contributed by atoms with Gasteiger partial charge in [-0.3, -0.25) is 0 Å². The van der Waals surface area contributed by atoms with Gasteiger partial charge in [0.2, 0.25) is 0 Å². The first-order chi connectivity index (χ1) is 8.11. The molecule has 0 spiro atoms. The predicted octanol–water partition coefficient (Wildman–Crippen LogP) is 0.662. The molecular weight excluding hydrogens is 224 g/mol. The molecule has 0 bridgehead atoms. The van der Waals surface area contributed by atoms with Crippen LogP contribution >= 0.6 is 0 Å². The van der Waals surface area contributed by atoms with Crippen LogP contribution in [0.4, 0.5) is 0 Å². The lowest BCUT2D eigenvalue weighted by Crippen LogP contribution is -2.38. The topological polar surface area (TPSA) is 65.0 Å². The molecule has 1 rings (SSSR count). The molecule has 0 aliphatic carbocycles. The molecule has 0 saturated carbocycles.